The third kappa shape index (κ3) is 5.02. The Bertz CT molecular complexity index is 333. The molecule has 0 heterocycles. The number of ketones is 1. The van der Waals surface area contributed by atoms with Crippen molar-refractivity contribution in [1.82, 2.24) is 0 Å². The molecule has 0 aromatic heterocycles. The van der Waals surface area contributed by atoms with Gasteiger partial charge in [0.1, 0.15) is 0 Å². The van der Waals surface area contributed by atoms with E-state index < -0.39 is 5.95 Å². The monoisotopic (exact) mass is 214 g/mol. The van der Waals surface area contributed by atoms with Gasteiger partial charge in [-0.15, -0.1) is 0 Å². The van der Waals surface area contributed by atoms with E-state index in [0.717, 1.165) is 6.08 Å². The molecule has 0 amide bonds. The Balaban J connectivity index is 0.00000196. The van der Waals surface area contributed by atoms with Gasteiger partial charge in [-0.2, -0.15) is 0 Å². The third-order valence-electron chi connectivity index (χ3n) is 1.59. The summed E-state index contributed by atoms with van der Waals surface area (Å²) in [6, 6.07) is 8.59. The predicted octanol–water partition coefficient (Wildman–Crippen LogP) is -1.89. The Kier molecular flexibility index (Phi) is 7.13. The van der Waals surface area contributed by atoms with Crippen LogP contribution in [0.25, 0.3) is 0 Å². The van der Waals surface area contributed by atoms with Crippen molar-refractivity contribution < 1.29 is 44.2 Å². The van der Waals surface area contributed by atoms with E-state index in [1.54, 1.807) is 37.3 Å². The Hall–Kier alpha value is -0.770. The van der Waals surface area contributed by atoms with Crippen LogP contribution in [0.3, 0.4) is 0 Å². The molecule has 0 unspecified atom stereocenters. The van der Waals surface area contributed by atoms with E-state index in [1.807, 2.05) is 0 Å². The fourth-order valence-electron chi connectivity index (χ4n) is 0.977. The van der Waals surface area contributed by atoms with Crippen molar-refractivity contribution in [2.75, 3.05) is 6.61 Å². The van der Waals surface area contributed by atoms with Gasteiger partial charge < -0.3 is 9.84 Å². The van der Waals surface area contributed by atoms with E-state index in [2.05, 4.69) is 4.74 Å². The molecular weight excluding hydrogens is 203 g/mol. The van der Waals surface area contributed by atoms with E-state index in [1.165, 1.54) is 0 Å². The first-order chi connectivity index (χ1) is 6.74. The van der Waals surface area contributed by atoms with E-state index in [-0.39, 0.29) is 41.9 Å². The van der Waals surface area contributed by atoms with Crippen LogP contribution in [0.4, 0.5) is 0 Å². The van der Waals surface area contributed by atoms with E-state index in [0.29, 0.717) is 5.56 Å². The standard InChI is InChI=1S/C11H12O3.Na/c1-2-14-11(13)8-10(12)9-6-4-3-5-7-9;/h3-8,13H,2H2,1H3;/q;+1/p-1. The summed E-state index contributed by atoms with van der Waals surface area (Å²) in [6.45, 7) is 1.97. The summed E-state index contributed by atoms with van der Waals surface area (Å²) in [5, 5.41) is 10.9. The Morgan fingerprint density at radius 2 is 2.00 bits per heavy atom. The van der Waals surface area contributed by atoms with Gasteiger partial charge in [-0.3, -0.25) is 4.79 Å². The summed E-state index contributed by atoms with van der Waals surface area (Å²) >= 11 is 0. The Labute approximate surface area is 111 Å². The van der Waals surface area contributed by atoms with Crippen LogP contribution in [0, 0.1) is 0 Å². The van der Waals surface area contributed by atoms with Crippen LogP contribution in [-0.2, 0) is 4.74 Å². The van der Waals surface area contributed by atoms with Crippen molar-refractivity contribution in [3.05, 3.63) is 47.9 Å². The molecule has 3 nitrogen and oxygen atoms in total. The van der Waals surface area contributed by atoms with Crippen molar-refractivity contribution in [3.63, 3.8) is 0 Å². The first kappa shape index (κ1) is 14.2. The number of rotatable bonds is 4. The summed E-state index contributed by atoms with van der Waals surface area (Å²) in [6.07, 6.45) is 0.957. The van der Waals surface area contributed by atoms with Crippen LogP contribution in [0.15, 0.2) is 42.4 Å². The van der Waals surface area contributed by atoms with Gasteiger partial charge in [0.05, 0.1) is 5.95 Å². The van der Waals surface area contributed by atoms with Crippen LogP contribution in [0.1, 0.15) is 17.3 Å². The van der Waals surface area contributed by atoms with Crippen molar-refractivity contribution in [2.24, 2.45) is 0 Å². The quantitative estimate of drug-likeness (QED) is 0.255. The smallest absolute Gasteiger partial charge is 0.613 e. The van der Waals surface area contributed by atoms with Crippen LogP contribution in [-0.4, -0.2) is 12.4 Å². The summed E-state index contributed by atoms with van der Waals surface area (Å²) in [5.74, 6) is -0.926. The minimum atomic E-state index is -0.596. The Morgan fingerprint density at radius 1 is 1.40 bits per heavy atom. The molecule has 0 aliphatic carbocycles. The van der Waals surface area contributed by atoms with E-state index in [4.69, 9.17) is 0 Å². The van der Waals surface area contributed by atoms with Gasteiger partial charge in [0, 0.05) is 11.6 Å². The molecule has 15 heavy (non-hydrogen) atoms. The average Bonchev–Trinajstić information content (AvgIpc) is 2.19. The normalized spacial score (nSPS) is 10.3. The summed E-state index contributed by atoms with van der Waals surface area (Å²) < 4.78 is 4.62. The molecule has 0 saturated carbocycles. The molecule has 4 heteroatoms. The molecular formula is C11H11NaO3. The van der Waals surface area contributed by atoms with Crippen LogP contribution in [0.5, 0.6) is 0 Å². The molecule has 1 rings (SSSR count). The zero-order valence-corrected chi connectivity index (χ0v) is 10.9. The maximum absolute atomic E-state index is 11.4. The second kappa shape index (κ2) is 7.51. The molecule has 0 atom stereocenters. The molecule has 0 aliphatic heterocycles. The van der Waals surface area contributed by atoms with E-state index >= 15 is 0 Å². The minimum Gasteiger partial charge on any atom is -0.613 e. The van der Waals surface area contributed by atoms with Crippen LogP contribution in [0.2, 0.25) is 0 Å². The number of hydrogen-bond donors (Lipinski definition) is 0. The molecule has 0 fully saturated rings. The van der Waals surface area contributed by atoms with Crippen molar-refractivity contribution in [1.29, 1.82) is 0 Å². The molecule has 0 radical (unpaired) electrons. The molecule has 0 aliphatic rings. The van der Waals surface area contributed by atoms with Crippen molar-refractivity contribution in [2.45, 2.75) is 6.92 Å². The SMILES string of the molecule is CCOC([O-])=CC(=O)c1ccccc1.[Na+]. The van der Waals surface area contributed by atoms with Gasteiger partial charge >= 0.3 is 29.6 Å². The number of carbonyl (C=O) groups is 1. The number of ether oxygens (including phenoxy) is 1. The molecule has 1 aromatic rings. The summed E-state index contributed by atoms with van der Waals surface area (Å²) in [5.41, 5.74) is 0.487. The second-order valence-electron chi connectivity index (χ2n) is 2.63. The summed E-state index contributed by atoms with van der Waals surface area (Å²) in [4.78, 5) is 11.4. The van der Waals surface area contributed by atoms with Gasteiger partial charge in [-0.25, -0.2) is 0 Å². The molecule has 0 spiro atoms. The van der Waals surface area contributed by atoms with Gasteiger partial charge in [-0.05, 0) is 6.61 Å². The largest absolute Gasteiger partial charge is 1.00 e. The van der Waals surface area contributed by atoms with E-state index in [9.17, 15) is 9.90 Å². The van der Waals surface area contributed by atoms with Gasteiger partial charge in [0.25, 0.3) is 0 Å². The fourth-order valence-corrected chi connectivity index (χ4v) is 0.977. The summed E-state index contributed by atoms with van der Waals surface area (Å²) in [7, 11) is 0. The van der Waals surface area contributed by atoms with Gasteiger partial charge in [0.2, 0.25) is 0 Å². The molecule has 1 aromatic carbocycles. The predicted molar refractivity (Wildman–Crippen MR) is 50.5 cm³/mol. The number of carbonyl (C=O) groups excluding carboxylic acids is 1. The first-order valence-electron chi connectivity index (χ1n) is 4.35. The molecule has 0 bridgehead atoms. The van der Waals surface area contributed by atoms with Gasteiger partial charge in [0.15, 0.2) is 5.78 Å². The van der Waals surface area contributed by atoms with Gasteiger partial charge in [-0.1, -0.05) is 37.3 Å². The maximum atomic E-state index is 11.4. The first-order valence-corrected chi connectivity index (χ1v) is 4.35. The molecule has 0 N–H and O–H groups in total. The number of benzene rings is 1. The second-order valence-corrected chi connectivity index (χ2v) is 2.63. The molecule has 74 valence electrons. The van der Waals surface area contributed by atoms with Crippen LogP contribution < -0.4 is 34.7 Å². The zero-order valence-electron chi connectivity index (χ0n) is 8.90. The van der Waals surface area contributed by atoms with Crippen LogP contribution >= 0.6 is 0 Å². The average molecular weight is 214 g/mol. The number of hydrogen-bond acceptors (Lipinski definition) is 3. The maximum Gasteiger partial charge on any atom is 1.00 e. The fraction of sp³-hybridized carbons (Fsp3) is 0.182. The Morgan fingerprint density at radius 3 is 2.53 bits per heavy atom. The third-order valence-corrected chi connectivity index (χ3v) is 1.59. The topological polar surface area (TPSA) is 49.4 Å². The molecule has 0 saturated heterocycles. The number of allylic oxidation sites excluding steroid dienone is 1. The van der Waals surface area contributed by atoms with Crippen molar-refractivity contribution in [3.8, 4) is 0 Å². The zero-order chi connectivity index (χ0) is 10.4. The minimum absolute atomic E-state index is 0. The van der Waals surface area contributed by atoms with Crippen molar-refractivity contribution >= 4 is 5.78 Å².